The SMILES string of the molecule is O=C(Cn1cc(-c2ccc(F)cc2)cn1)N1CC(N2C(=O)COC2=O)C1. The van der Waals surface area contributed by atoms with Gasteiger partial charge in [0.1, 0.15) is 12.4 Å². The molecule has 0 saturated carbocycles. The van der Waals surface area contributed by atoms with Crippen LogP contribution in [-0.4, -0.2) is 63.2 Å². The molecule has 2 fully saturated rings. The molecule has 0 spiro atoms. The first-order chi connectivity index (χ1) is 12.5. The number of hydrogen-bond donors (Lipinski definition) is 0. The maximum Gasteiger partial charge on any atom is 0.417 e. The Kier molecular flexibility index (Phi) is 3.90. The lowest BCUT2D eigenvalue weighted by molar-refractivity contribution is -0.142. The molecular weight excluding hydrogens is 343 g/mol. The number of carbonyl (C=O) groups is 3. The fraction of sp³-hybridized carbons (Fsp3) is 0.294. The number of ether oxygens (including phenoxy) is 1. The van der Waals surface area contributed by atoms with E-state index in [0.29, 0.717) is 13.1 Å². The van der Waals surface area contributed by atoms with Crippen LogP contribution in [0, 0.1) is 5.82 Å². The number of hydrogen-bond acceptors (Lipinski definition) is 5. The van der Waals surface area contributed by atoms with Crippen molar-refractivity contribution in [2.24, 2.45) is 0 Å². The summed E-state index contributed by atoms with van der Waals surface area (Å²) in [6.45, 7) is 0.409. The molecule has 8 nitrogen and oxygen atoms in total. The molecule has 3 heterocycles. The monoisotopic (exact) mass is 358 g/mol. The third-order valence-corrected chi connectivity index (χ3v) is 4.47. The highest BCUT2D eigenvalue weighted by Crippen LogP contribution is 2.21. The van der Waals surface area contributed by atoms with Gasteiger partial charge in [0.05, 0.1) is 12.2 Å². The number of rotatable bonds is 4. The van der Waals surface area contributed by atoms with Gasteiger partial charge in [0.15, 0.2) is 6.61 Å². The Bertz CT molecular complexity index is 857. The van der Waals surface area contributed by atoms with Gasteiger partial charge in [-0.05, 0) is 17.7 Å². The highest BCUT2D eigenvalue weighted by molar-refractivity contribution is 5.98. The van der Waals surface area contributed by atoms with E-state index >= 15 is 0 Å². The van der Waals surface area contributed by atoms with Crippen LogP contribution in [0.2, 0.25) is 0 Å². The number of cyclic esters (lactones) is 1. The molecule has 0 atom stereocenters. The Morgan fingerprint density at radius 3 is 2.58 bits per heavy atom. The van der Waals surface area contributed by atoms with E-state index in [0.717, 1.165) is 16.0 Å². The van der Waals surface area contributed by atoms with Gasteiger partial charge in [-0.2, -0.15) is 5.10 Å². The molecule has 4 rings (SSSR count). The van der Waals surface area contributed by atoms with Crippen LogP contribution in [-0.2, 0) is 20.9 Å². The van der Waals surface area contributed by atoms with Crippen molar-refractivity contribution in [1.29, 1.82) is 0 Å². The van der Waals surface area contributed by atoms with Crippen LogP contribution < -0.4 is 0 Å². The highest BCUT2D eigenvalue weighted by atomic mass is 19.1. The topological polar surface area (TPSA) is 84.7 Å². The summed E-state index contributed by atoms with van der Waals surface area (Å²) in [5.41, 5.74) is 1.59. The molecule has 0 radical (unpaired) electrons. The first kappa shape index (κ1) is 16.2. The van der Waals surface area contributed by atoms with E-state index in [4.69, 9.17) is 0 Å². The lowest BCUT2D eigenvalue weighted by Crippen LogP contribution is -2.62. The maximum absolute atomic E-state index is 13.0. The van der Waals surface area contributed by atoms with E-state index in [2.05, 4.69) is 9.84 Å². The highest BCUT2D eigenvalue weighted by Gasteiger charge is 2.44. The molecule has 3 amide bonds. The molecule has 0 unspecified atom stereocenters. The average Bonchev–Trinajstić information content (AvgIpc) is 3.16. The molecule has 1 aromatic heterocycles. The zero-order valence-electron chi connectivity index (χ0n) is 13.7. The Hall–Kier alpha value is -3.23. The predicted octanol–water partition coefficient (Wildman–Crippen LogP) is 0.879. The number of aromatic nitrogens is 2. The largest absolute Gasteiger partial charge is 0.439 e. The molecule has 2 aliphatic rings. The molecule has 0 N–H and O–H groups in total. The second-order valence-electron chi connectivity index (χ2n) is 6.20. The second kappa shape index (κ2) is 6.25. The lowest BCUT2D eigenvalue weighted by atomic mass is 10.1. The number of halogens is 1. The van der Waals surface area contributed by atoms with Gasteiger partial charge in [-0.3, -0.25) is 14.3 Å². The van der Waals surface area contributed by atoms with Crippen LogP contribution in [0.3, 0.4) is 0 Å². The van der Waals surface area contributed by atoms with Crippen LogP contribution in [0.25, 0.3) is 11.1 Å². The first-order valence-electron chi connectivity index (χ1n) is 8.06. The standard InChI is InChI=1S/C17H15FN4O4/c18-13-3-1-11(2-4-13)12-5-19-21(6-12)9-15(23)20-7-14(8-20)22-16(24)10-26-17(22)25/h1-6,14H,7-10H2. The number of nitrogens with zero attached hydrogens (tertiary/aromatic N) is 4. The van der Waals surface area contributed by atoms with Crippen molar-refractivity contribution in [2.45, 2.75) is 12.6 Å². The molecular formula is C17H15FN4O4. The lowest BCUT2D eigenvalue weighted by Gasteiger charge is -2.41. The summed E-state index contributed by atoms with van der Waals surface area (Å²) in [5.74, 6) is -0.845. The first-order valence-corrected chi connectivity index (χ1v) is 8.06. The van der Waals surface area contributed by atoms with Crippen molar-refractivity contribution in [2.75, 3.05) is 19.7 Å². The van der Waals surface area contributed by atoms with Crippen molar-refractivity contribution in [3.8, 4) is 11.1 Å². The van der Waals surface area contributed by atoms with Gasteiger partial charge in [-0.25, -0.2) is 14.1 Å². The molecule has 26 heavy (non-hydrogen) atoms. The molecule has 2 aromatic rings. The minimum Gasteiger partial charge on any atom is -0.439 e. The van der Waals surface area contributed by atoms with Crippen molar-refractivity contribution >= 4 is 17.9 Å². The molecule has 134 valence electrons. The van der Waals surface area contributed by atoms with Crippen molar-refractivity contribution < 1.29 is 23.5 Å². The summed E-state index contributed by atoms with van der Waals surface area (Å²) in [4.78, 5) is 38.0. The van der Waals surface area contributed by atoms with E-state index in [-0.39, 0.29) is 36.8 Å². The summed E-state index contributed by atoms with van der Waals surface area (Å²) in [5, 5.41) is 4.15. The van der Waals surface area contributed by atoms with Crippen LogP contribution in [0.15, 0.2) is 36.7 Å². The molecule has 9 heteroatoms. The fourth-order valence-corrected chi connectivity index (χ4v) is 3.02. The van der Waals surface area contributed by atoms with Crippen LogP contribution in [0.1, 0.15) is 0 Å². The Balaban J connectivity index is 1.34. The maximum atomic E-state index is 13.0. The van der Waals surface area contributed by atoms with Crippen molar-refractivity contribution in [1.82, 2.24) is 19.6 Å². The number of benzene rings is 1. The minimum atomic E-state index is -0.650. The quantitative estimate of drug-likeness (QED) is 0.810. The summed E-state index contributed by atoms with van der Waals surface area (Å²) in [7, 11) is 0. The molecule has 2 saturated heterocycles. The average molecular weight is 358 g/mol. The number of amides is 3. The van der Waals surface area contributed by atoms with Gasteiger partial charge in [-0.15, -0.1) is 0 Å². The number of carbonyl (C=O) groups excluding carboxylic acids is 3. The Morgan fingerprint density at radius 1 is 1.19 bits per heavy atom. The fourth-order valence-electron chi connectivity index (χ4n) is 3.02. The van der Waals surface area contributed by atoms with Gasteiger partial charge in [-0.1, -0.05) is 12.1 Å². The smallest absolute Gasteiger partial charge is 0.417 e. The third kappa shape index (κ3) is 2.92. The zero-order chi connectivity index (χ0) is 18.3. The normalized spacial score (nSPS) is 17.4. The van der Waals surface area contributed by atoms with Gasteiger partial charge in [0.2, 0.25) is 5.91 Å². The van der Waals surface area contributed by atoms with E-state index < -0.39 is 6.09 Å². The van der Waals surface area contributed by atoms with E-state index in [9.17, 15) is 18.8 Å². The van der Waals surface area contributed by atoms with Crippen LogP contribution in [0.5, 0.6) is 0 Å². The van der Waals surface area contributed by atoms with Gasteiger partial charge < -0.3 is 9.64 Å². The van der Waals surface area contributed by atoms with Gasteiger partial charge >= 0.3 is 6.09 Å². The summed E-state index contributed by atoms with van der Waals surface area (Å²) in [6, 6.07) is 5.69. The van der Waals surface area contributed by atoms with E-state index in [1.807, 2.05) is 0 Å². The molecule has 1 aromatic carbocycles. The van der Waals surface area contributed by atoms with Crippen molar-refractivity contribution in [3.63, 3.8) is 0 Å². The van der Waals surface area contributed by atoms with Crippen LogP contribution >= 0.6 is 0 Å². The zero-order valence-corrected chi connectivity index (χ0v) is 13.7. The van der Waals surface area contributed by atoms with Crippen LogP contribution in [0.4, 0.5) is 9.18 Å². The third-order valence-electron chi connectivity index (χ3n) is 4.47. The van der Waals surface area contributed by atoms with Gasteiger partial charge in [0.25, 0.3) is 5.91 Å². The molecule has 2 aliphatic heterocycles. The van der Waals surface area contributed by atoms with Crippen molar-refractivity contribution in [3.05, 3.63) is 42.5 Å². The Morgan fingerprint density at radius 2 is 1.92 bits per heavy atom. The van der Waals surface area contributed by atoms with E-state index in [1.165, 1.54) is 16.8 Å². The summed E-state index contributed by atoms with van der Waals surface area (Å²) < 4.78 is 19.2. The number of likely N-dealkylation sites (tertiary alicyclic amines) is 1. The predicted molar refractivity (Wildman–Crippen MR) is 86.2 cm³/mol. The summed E-state index contributed by atoms with van der Waals surface area (Å²) >= 11 is 0. The molecule has 0 aliphatic carbocycles. The van der Waals surface area contributed by atoms with Gasteiger partial charge in [0, 0.05) is 24.8 Å². The summed E-state index contributed by atoms with van der Waals surface area (Å²) in [6.07, 6.45) is 2.67. The minimum absolute atomic E-state index is 0.0479. The number of imide groups is 1. The molecule has 0 bridgehead atoms. The Labute approximate surface area is 147 Å². The van der Waals surface area contributed by atoms with E-state index in [1.54, 1.807) is 29.4 Å². The second-order valence-corrected chi connectivity index (χ2v) is 6.20.